The Bertz CT molecular complexity index is 1400. The monoisotopic (exact) mass is 567 g/mol. The van der Waals surface area contributed by atoms with E-state index in [1.165, 1.54) is 24.5 Å². The summed E-state index contributed by atoms with van der Waals surface area (Å²) < 4.78 is 68.9. The van der Waals surface area contributed by atoms with Crippen molar-refractivity contribution in [2.75, 3.05) is 5.32 Å². The van der Waals surface area contributed by atoms with Crippen LogP contribution in [0, 0.1) is 11.7 Å². The molecule has 1 fully saturated rings. The lowest BCUT2D eigenvalue weighted by atomic mass is 9.83. The van der Waals surface area contributed by atoms with Crippen molar-refractivity contribution in [1.82, 2.24) is 29.9 Å². The van der Waals surface area contributed by atoms with Gasteiger partial charge in [0.25, 0.3) is 11.5 Å². The minimum atomic E-state index is -4.57. The van der Waals surface area contributed by atoms with Gasteiger partial charge in [-0.2, -0.15) is 17.6 Å². The van der Waals surface area contributed by atoms with E-state index in [1.54, 1.807) is 0 Å². The molecule has 3 aromatic heterocycles. The largest absolute Gasteiger partial charge is 0.433 e. The maximum Gasteiger partial charge on any atom is 0.433 e. The lowest BCUT2D eigenvalue weighted by Crippen LogP contribution is -2.27. The SMILES string of the molecule is O=C(CC1CCC1)Nc1ccn(CCC(F)Cn2cc(C(=O)NCc3ccc(C(F)(F)F)nc3)nn2)c(=O)c1F. The molecule has 0 saturated heterocycles. The van der Waals surface area contributed by atoms with Crippen molar-refractivity contribution in [3.05, 3.63) is 69.9 Å². The second-order valence-corrected chi connectivity index (χ2v) is 9.54. The molecule has 1 atom stereocenters. The number of carbonyl (C=O) groups excluding carboxylic acids is 2. The summed E-state index contributed by atoms with van der Waals surface area (Å²) in [5.74, 6) is -1.88. The molecular weight excluding hydrogens is 541 g/mol. The number of anilines is 1. The zero-order valence-electron chi connectivity index (χ0n) is 21.1. The molecular formula is C25H26F5N7O3. The zero-order valence-corrected chi connectivity index (χ0v) is 21.1. The highest BCUT2D eigenvalue weighted by atomic mass is 19.4. The number of nitrogens with zero attached hydrogens (tertiary/aromatic N) is 5. The Balaban J connectivity index is 1.24. The molecule has 3 aromatic rings. The van der Waals surface area contributed by atoms with Gasteiger partial charge in [0.15, 0.2) is 5.69 Å². The first-order valence-electron chi connectivity index (χ1n) is 12.5. The van der Waals surface area contributed by atoms with Crippen LogP contribution in [0.25, 0.3) is 0 Å². The van der Waals surface area contributed by atoms with Crippen LogP contribution >= 0.6 is 0 Å². The second kappa shape index (κ2) is 12.3. The van der Waals surface area contributed by atoms with E-state index < -0.39 is 35.3 Å². The van der Waals surface area contributed by atoms with Crippen LogP contribution in [0.4, 0.5) is 27.6 Å². The minimum Gasteiger partial charge on any atom is -0.346 e. The molecule has 1 saturated carbocycles. The third kappa shape index (κ3) is 7.48. The van der Waals surface area contributed by atoms with Crippen LogP contribution in [0.1, 0.15) is 53.8 Å². The Hall–Kier alpha value is -4.17. The van der Waals surface area contributed by atoms with Gasteiger partial charge in [-0.05, 0) is 42.9 Å². The summed E-state index contributed by atoms with van der Waals surface area (Å²) in [6.45, 7) is -0.553. The maximum absolute atomic E-state index is 14.6. The fourth-order valence-electron chi connectivity index (χ4n) is 4.01. The Kier molecular flexibility index (Phi) is 8.90. The van der Waals surface area contributed by atoms with Crippen molar-refractivity contribution < 1.29 is 31.5 Å². The van der Waals surface area contributed by atoms with Gasteiger partial charge in [-0.1, -0.05) is 17.7 Å². The van der Waals surface area contributed by atoms with Crippen LogP contribution < -0.4 is 16.2 Å². The molecule has 214 valence electrons. The number of rotatable bonds is 11. The molecule has 3 heterocycles. The standard InChI is InChI=1S/C25H26F5N7O3/c26-17(6-8-36-9-7-18(22(27)24(36)40)33-21(38)10-15-2-1-3-15)13-37-14-19(34-35-37)23(39)32-12-16-4-5-20(31-11-16)25(28,29)30/h4-5,7,9,11,14-15,17H,1-3,6,8,10,12-13H2,(H,32,39)(H,33,38). The van der Waals surface area contributed by atoms with Crippen molar-refractivity contribution in [3.8, 4) is 0 Å². The quantitative estimate of drug-likeness (QED) is 0.342. The van der Waals surface area contributed by atoms with E-state index in [2.05, 4.69) is 25.9 Å². The van der Waals surface area contributed by atoms with Gasteiger partial charge < -0.3 is 15.2 Å². The van der Waals surface area contributed by atoms with Gasteiger partial charge in [0.05, 0.1) is 18.4 Å². The number of aryl methyl sites for hydroxylation is 1. The second-order valence-electron chi connectivity index (χ2n) is 9.54. The van der Waals surface area contributed by atoms with Crippen molar-refractivity contribution >= 4 is 17.5 Å². The number of pyridine rings is 2. The van der Waals surface area contributed by atoms with Crippen molar-refractivity contribution in [2.45, 2.75) is 64.1 Å². The number of amides is 2. The number of carbonyl (C=O) groups is 2. The molecule has 0 radical (unpaired) electrons. The first kappa shape index (κ1) is 28.8. The van der Waals surface area contributed by atoms with Gasteiger partial charge in [-0.25, -0.2) is 9.07 Å². The number of nitrogens with one attached hydrogen (secondary N) is 2. The minimum absolute atomic E-state index is 0.114. The third-order valence-electron chi connectivity index (χ3n) is 6.49. The van der Waals surface area contributed by atoms with Gasteiger partial charge in [0.1, 0.15) is 11.9 Å². The summed E-state index contributed by atoms with van der Waals surface area (Å²) in [7, 11) is 0. The third-order valence-corrected chi connectivity index (χ3v) is 6.49. The summed E-state index contributed by atoms with van der Waals surface area (Å²) in [5.41, 5.74) is -2.07. The molecule has 0 aliphatic heterocycles. The van der Waals surface area contributed by atoms with Crippen LogP contribution in [0.3, 0.4) is 0 Å². The lowest BCUT2D eigenvalue weighted by molar-refractivity contribution is -0.141. The van der Waals surface area contributed by atoms with E-state index in [-0.39, 0.29) is 55.7 Å². The zero-order chi connectivity index (χ0) is 28.9. The maximum atomic E-state index is 14.6. The Labute approximate surface area is 224 Å². The van der Waals surface area contributed by atoms with E-state index in [0.717, 1.165) is 40.8 Å². The summed E-state index contributed by atoms with van der Waals surface area (Å²) in [6, 6.07) is 3.23. The Morgan fingerprint density at radius 1 is 1.18 bits per heavy atom. The predicted octanol–water partition coefficient (Wildman–Crippen LogP) is 3.48. The van der Waals surface area contributed by atoms with E-state index in [1.807, 2.05) is 0 Å². The predicted molar refractivity (Wildman–Crippen MR) is 131 cm³/mol. The van der Waals surface area contributed by atoms with Crippen molar-refractivity contribution in [2.24, 2.45) is 5.92 Å². The highest BCUT2D eigenvalue weighted by Crippen LogP contribution is 2.29. The molecule has 2 amide bonds. The van der Waals surface area contributed by atoms with Crippen LogP contribution in [-0.2, 0) is 30.6 Å². The summed E-state index contributed by atoms with van der Waals surface area (Å²) >= 11 is 0. The highest BCUT2D eigenvalue weighted by molar-refractivity contribution is 5.92. The molecule has 1 aliphatic carbocycles. The van der Waals surface area contributed by atoms with E-state index >= 15 is 0 Å². The van der Waals surface area contributed by atoms with Gasteiger partial charge in [-0.15, -0.1) is 5.10 Å². The molecule has 2 N–H and O–H groups in total. The number of hydrogen-bond donors (Lipinski definition) is 2. The highest BCUT2D eigenvalue weighted by Gasteiger charge is 2.32. The van der Waals surface area contributed by atoms with Crippen LogP contribution in [0.5, 0.6) is 0 Å². The van der Waals surface area contributed by atoms with Crippen molar-refractivity contribution in [1.29, 1.82) is 0 Å². The molecule has 0 bridgehead atoms. The number of halogens is 5. The molecule has 4 rings (SSSR count). The topological polar surface area (TPSA) is 124 Å². The van der Waals surface area contributed by atoms with Crippen LogP contribution in [0.15, 0.2) is 41.6 Å². The van der Waals surface area contributed by atoms with Crippen LogP contribution in [-0.4, -0.2) is 42.5 Å². The summed E-state index contributed by atoms with van der Waals surface area (Å²) in [5, 5.41) is 12.2. The average molecular weight is 568 g/mol. The molecule has 40 heavy (non-hydrogen) atoms. The van der Waals surface area contributed by atoms with E-state index in [9.17, 15) is 36.3 Å². The molecule has 1 aliphatic rings. The van der Waals surface area contributed by atoms with Gasteiger partial charge >= 0.3 is 6.18 Å². The number of alkyl halides is 4. The van der Waals surface area contributed by atoms with Gasteiger partial charge in [-0.3, -0.25) is 19.4 Å². The molecule has 0 aromatic carbocycles. The molecule has 0 spiro atoms. The lowest BCUT2D eigenvalue weighted by Gasteiger charge is -2.24. The van der Waals surface area contributed by atoms with Gasteiger partial charge in [0, 0.05) is 31.9 Å². The number of hydrogen-bond acceptors (Lipinski definition) is 6. The fourth-order valence-corrected chi connectivity index (χ4v) is 4.01. The Morgan fingerprint density at radius 2 is 1.95 bits per heavy atom. The van der Waals surface area contributed by atoms with Crippen LogP contribution in [0.2, 0.25) is 0 Å². The summed E-state index contributed by atoms with van der Waals surface area (Å²) in [4.78, 5) is 39.9. The van der Waals surface area contributed by atoms with E-state index in [0.29, 0.717) is 5.56 Å². The van der Waals surface area contributed by atoms with Crippen molar-refractivity contribution in [3.63, 3.8) is 0 Å². The number of aromatic nitrogens is 5. The summed E-state index contributed by atoms with van der Waals surface area (Å²) in [6.07, 6.45) is 0.447. The smallest absolute Gasteiger partial charge is 0.346 e. The molecule has 1 unspecified atom stereocenters. The normalized spacial score (nSPS) is 14.4. The first-order chi connectivity index (χ1) is 19.0. The Morgan fingerprint density at radius 3 is 2.60 bits per heavy atom. The molecule has 10 nitrogen and oxygen atoms in total. The average Bonchev–Trinajstić information content (AvgIpc) is 3.35. The fraction of sp³-hybridized carbons (Fsp3) is 0.440. The van der Waals surface area contributed by atoms with Gasteiger partial charge in [0.2, 0.25) is 11.7 Å². The molecule has 15 heteroatoms. The first-order valence-corrected chi connectivity index (χ1v) is 12.5. The van der Waals surface area contributed by atoms with E-state index in [4.69, 9.17) is 0 Å².